The highest BCUT2D eigenvalue weighted by Crippen LogP contribution is 2.34. The average Bonchev–Trinajstić information content (AvgIpc) is 1.86. The second kappa shape index (κ2) is 2.86. The van der Waals surface area contributed by atoms with E-state index in [1.54, 1.807) is 0 Å². The van der Waals surface area contributed by atoms with Gasteiger partial charge in [-0.25, -0.2) is 0 Å². The summed E-state index contributed by atoms with van der Waals surface area (Å²) in [5, 5.41) is 10.7. The summed E-state index contributed by atoms with van der Waals surface area (Å²) in [6.07, 6.45) is 0. The van der Waals surface area contributed by atoms with Crippen LogP contribution in [-0.4, -0.2) is 17.9 Å². The van der Waals surface area contributed by atoms with E-state index < -0.39 is 17.9 Å². The lowest BCUT2D eigenvalue weighted by Gasteiger charge is -2.22. The van der Waals surface area contributed by atoms with Crippen LogP contribution in [-0.2, 0) is 4.79 Å². The van der Waals surface area contributed by atoms with E-state index in [0.29, 0.717) is 0 Å². The van der Waals surface area contributed by atoms with Gasteiger partial charge in [0, 0.05) is 4.91 Å². The molecule has 0 aromatic heterocycles. The molecule has 68 valence electrons. The van der Waals surface area contributed by atoms with Gasteiger partial charge in [-0.2, -0.15) is 17.6 Å². The smallest absolute Gasteiger partial charge is 0.393 e. The number of carboxylic acid groups (broad SMARTS) is 1. The molecule has 0 atom stereocenters. The summed E-state index contributed by atoms with van der Waals surface area (Å²) in [4.78, 5) is 10.8. The number of carboxylic acids is 1. The first-order valence-electron chi connectivity index (χ1n) is 2.29. The molecule has 0 radical (unpaired) electrons. The van der Waals surface area contributed by atoms with Gasteiger partial charge < -0.3 is 9.90 Å². The summed E-state index contributed by atoms with van der Waals surface area (Å²) < 4.78 is 47.4. The summed E-state index contributed by atoms with van der Waals surface area (Å²) in [6.45, 7) is 0. The molecule has 9 heteroatoms. The second-order valence-electron chi connectivity index (χ2n) is 1.59. The summed E-state index contributed by atoms with van der Waals surface area (Å²) in [5.74, 6) is -8.81. The minimum Gasteiger partial charge on any atom is -0.544 e. The first-order chi connectivity index (χ1) is 5.25. The molecule has 0 aromatic carbocycles. The third kappa shape index (κ3) is 1.56. The summed E-state index contributed by atoms with van der Waals surface area (Å²) in [5.41, 5.74) is 7.38. The van der Waals surface area contributed by atoms with Crippen molar-refractivity contribution in [2.75, 3.05) is 0 Å². The van der Waals surface area contributed by atoms with Crippen molar-refractivity contribution in [1.82, 2.24) is 0 Å². The van der Waals surface area contributed by atoms with E-state index in [9.17, 15) is 27.5 Å². The number of carbonyl (C=O) groups is 1. The lowest BCUT2D eigenvalue weighted by molar-refractivity contribution is -0.347. The fourth-order valence-electron chi connectivity index (χ4n) is 0.242. The van der Waals surface area contributed by atoms with Crippen LogP contribution in [0.15, 0.2) is 5.11 Å². The van der Waals surface area contributed by atoms with Crippen LogP contribution in [0.25, 0.3) is 10.4 Å². The molecule has 0 spiro atoms. The van der Waals surface area contributed by atoms with Gasteiger partial charge in [-0.15, -0.1) is 0 Å². The highest BCUT2D eigenvalue weighted by atomic mass is 19.3. The van der Waals surface area contributed by atoms with Crippen LogP contribution in [0.5, 0.6) is 0 Å². The Morgan fingerprint density at radius 1 is 1.42 bits per heavy atom. The third-order valence-corrected chi connectivity index (χ3v) is 0.804. The van der Waals surface area contributed by atoms with Gasteiger partial charge in [0.1, 0.15) is 5.97 Å². The van der Waals surface area contributed by atoms with Crippen LogP contribution < -0.4 is 5.11 Å². The zero-order valence-corrected chi connectivity index (χ0v) is 5.17. The fourth-order valence-corrected chi connectivity index (χ4v) is 0.242. The van der Waals surface area contributed by atoms with Crippen molar-refractivity contribution in [1.29, 1.82) is 0 Å². The normalized spacial score (nSPS) is 12.0. The number of nitrogens with zero attached hydrogens (tertiary/aromatic N) is 3. The number of hydrogen-bond donors (Lipinski definition) is 0. The van der Waals surface area contributed by atoms with Crippen molar-refractivity contribution < 1.29 is 27.5 Å². The zero-order valence-electron chi connectivity index (χ0n) is 5.17. The van der Waals surface area contributed by atoms with Gasteiger partial charge in [0.2, 0.25) is 0 Å². The van der Waals surface area contributed by atoms with E-state index >= 15 is 0 Å². The van der Waals surface area contributed by atoms with Crippen LogP contribution in [0.2, 0.25) is 0 Å². The molecule has 0 saturated carbocycles. The van der Waals surface area contributed by atoms with E-state index in [-0.39, 0.29) is 0 Å². The highest BCUT2D eigenvalue weighted by molar-refractivity contribution is 5.74. The molecule has 0 aliphatic heterocycles. The number of rotatable bonds is 3. The van der Waals surface area contributed by atoms with Crippen molar-refractivity contribution in [3.8, 4) is 0 Å². The number of azide groups is 1. The quantitative estimate of drug-likeness (QED) is 0.208. The Labute approximate surface area is 62.2 Å². The molecule has 0 unspecified atom stereocenters. The fraction of sp³-hybridized carbons (Fsp3) is 0.667. The Kier molecular flexibility index (Phi) is 2.50. The molecular weight excluding hydrogens is 186 g/mol. The molecule has 0 amide bonds. The van der Waals surface area contributed by atoms with Crippen molar-refractivity contribution in [3.05, 3.63) is 10.4 Å². The topological polar surface area (TPSA) is 88.9 Å². The first kappa shape index (κ1) is 10.5. The Morgan fingerprint density at radius 2 is 1.83 bits per heavy atom. The molecule has 0 bridgehead atoms. The molecule has 0 fully saturated rings. The van der Waals surface area contributed by atoms with Crippen molar-refractivity contribution >= 4 is 5.97 Å². The Balaban J connectivity index is 5.00. The summed E-state index contributed by atoms with van der Waals surface area (Å²) >= 11 is 0. The van der Waals surface area contributed by atoms with E-state index in [0.717, 1.165) is 0 Å². The lowest BCUT2D eigenvalue weighted by atomic mass is 10.3. The van der Waals surface area contributed by atoms with Crippen molar-refractivity contribution in [2.45, 2.75) is 12.0 Å². The van der Waals surface area contributed by atoms with Crippen LogP contribution in [0.1, 0.15) is 0 Å². The van der Waals surface area contributed by atoms with Crippen LogP contribution >= 0.6 is 0 Å². The highest BCUT2D eigenvalue weighted by Gasteiger charge is 2.57. The standard InChI is InChI=1S/C3HF4N3O2/c4-2(5,1(11)12)3(6,7)9-10-8/h(H,11,12)/p-1. The number of halogens is 4. The van der Waals surface area contributed by atoms with Crippen LogP contribution in [0, 0.1) is 0 Å². The minimum absolute atomic E-state index is 1.33. The predicted octanol–water partition coefficient (Wildman–Crippen LogP) is 0.275. The number of carbonyl (C=O) groups excluding carboxylic acids is 1. The Bertz CT molecular complexity index is 234. The largest absolute Gasteiger partial charge is 0.544 e. The molecule has 0 aliphatic carbocycles. The summed E-state index contributed by atoms with van der Waals surface area (Å²) in [7, 11) is 0. The van der Waals surface area contributed by atoms with Gasteiger partial charge in [0.25, 0.3) is 0 Å². The number of aliphatic carboxylic acids is 1. The lowest BCUT2D eigenvalue weighted by Crippen LogP contribution is -2.52. The van der Waals surface area contributed by atoms with Crippen molar-refractivity contribution in [3.63, 3.8) is 0 Å². The Hall–Kier alpha value is -1.50. The maximum atomic E-state index is 11.9. The van der Waals surface area contributed by atoms with Gasteiger partial charge >= 0.3 is 12.0 Å². The van der Waals surface area contributed by atoms with Gasteiger partial charge in [-0.1, -0.05) is 0 Å². The molecule has 0 heterocycles. The monoisotopic (exact) mass is 186 g/mol. The molecule has 5 nitrogen and oxygen atoms in total. The van der Waals surface area contributed by atoms with E-state index in [1.165, 1.54) is 10.0 Å². The predicted molar refractivity (Wildman–Crippen MR) is 24.0 cm³/mol. The zero-order chi connectivity index (χ0) is 9.99. The third-order valence-electron chi connectivity index (χ3n) is 0.804. The maximum Gasteiger partial charge on any atom is 0.393 e. The molecule has 12 heavy (non-hydrogen) atoms. The maximum absolute atomic E-state index is 11.9. The number of hydrogen-bond acceptors (Lipinski definition) is 3. The van der Waals surface area contributed by atoms with E-state index in [4.69, 9.17) is 5.53 Å². The van der Waals surface area contributed by atoms with E-state index in [2.05, 4.69) is 0 Å². The van der Waals surface area contributed by atoms with E-state index in [1.807, 2.05) is 0 Å². The van der Waals surface area contributed by atoms with Crippen molar-refractivity contribution in [2.24, 2.45) is 5.11 Å². The van der Waals surface area contributed by atoms with Gasteiger partial charge in [-0.3, -0.25) is 0 Å². The molecule has 0 rings (SSSR count). The van der Waals surface area contributed by atoms with Gasteiger partial charge in [-0.05, 0) is 10.6 Å². The molecule has 0 aromatic rings. The average molecular weight is 186 g/mol. The minimum atomic E-state index is -5.50. The molecule has 0 N–H and O–H groups in total. The molecular formula is C3F4N3O2-. The van der Waals surface area contributed by atoms with Gasteiger partial charge in [0.15, 0.2) is 0 Å². The molecule has 0 saturated heterocycles. The first-order valence-corrected chi connectivity index (χ1v) is 2.29. The molecule has 0 aliphatic rings. The second-order valence-corrected chi connectivity index (χ2v) is 1.59. The van der Waals surface area contributed by atoms with Crippen LogP contribution in [0.3, 0.4) is 0 Å². The SMILES string of the molecule is [N-]=[N+]=NC(F)(F)C(F)(F)C(=O)[O-]. The Morgan fingerprint density at radius 3 is 2.08 bits per heavy atom. The van der Waals surface area contributed by atoms with Gasteiger partial charge in [0.05, 0.1) is 0 Å². The summed E-state index contributed by atoms with van der Waals surface area (Å²) in [6, 6.07) is -5.32. The number of alkyl halides is 4. The van der Waals surface area contributed by atoms with Crippen LogP contribution in [0.4, 0.5) is 17.6 Å².